The lowest BCUT2D eigenvalue weighted by Gasteiger charge is -2.26. The normalized spacial score (nSPS) is 16.2. The van der Waals surface area contributed by atoms with Crippen LogP contribution in [0.25, 0.3) is 0 Å². The molecule has 0 spiro atoms. The SMILES string of the molecule is CCN(CC)S(=O)(=O)c1cc(C(=O)N(Cc2cccc(OC)c2)CC2CCCO2)ccc1C. The zero-order valence-electron chi connectivity index (χ0n) is 19.9. The average molecular weight is 475 g/mol. The molecule has 0 radical (unpaired) electrons. The van der Waals surface area contributed by atoms with E-state index in [1.807, 2.05) is 38.1 Å². The van der Waals surface area contributed by atoms with E-state index in [-0.39, 0.29) is 16.9 Å². The maximum atomic E-state index is 13.6. The van der Waals surface area contributed by atoms with E-state index in [9.17, 15) is 13.2 Å². The molecule has 2 aromatic rings. The quantitative estimate of drug-likeness (QED) is 0.523. The fraction of sp³-hybridized carbons (Fsp3) is 0.480. The highest BCUT2D eigenvalue weighted by atomic mass is 32.2. The third-order valence-electron chi connectivity index (χ3n) is 6.00. The van der Waals surface area contributed by atoms with Crippen LogP contribution in [0.2, 0.25) is 0 Å². The summed E-state index contributed by atoms with van der Waals surface area (Å²) in [6.07, 6.45) is 1.85. The van der Waals surface area contributed by atoms with Gasteiger partial charge < -0.3 is 14.4 Å². The summed E-state index contributed by atoms with van der Waals surface area (Å²) < 4.78 is 38.9. The fourth-order valence-electron chi connectivity index (χ4n) is 4.14. The Morgan fingerprint density at radius 1 is 1.15 bits per heavy atom. The summed E-state index contributed by atoms with van der Waals surface area (Å²) in [5.41, 5.74) is 1.91. The first-order chi connectivity index (χ1) is 15.8. The molecule has 8 heteroatoms. The number of amides is 1. The van der Waals surface area contributed by atoms with Crippen molar-refractivity contribution >= 4 is 15.9 Å². The van der Waals surface area contributed by atoms with E-state index in [1.165, 1.54) is 10.4 Å². The summed E-state index contributed by atoms with van der Waals surface area (Å²) in [5, 5.41) is 0. The average Bonchev–Trinajstić information content (AvgIpc) is 3.32. The highest BCUT2D eigenvalue weighted by Gasteiger charge is 2.27. The van der Waals surface area contributed by atoms with Gasteiger partial charge in [-0.15, -0.1) is 0 Å². The standard InChI is InChI=1S/C25H34N2O5S/c1-5-27(6-2)33(29,30)24-16-21(13-12-19(24)3)25(28)26(18-23-11-8-14-32-23)17-20-9-7-10-22(15-20)31-4/h7,9-10,12-13,15-16,23H,5-6,8,11,14,17-18H2,1-4H3. The zero-order valence-corrected chi connectivity index (χ0v) is 20.7. The largest absolute Gasteiger partial charge is 0.497 e. The molecule has 180 valence electrons. The van der Waals surface area contributed by atoms with Crippen molar-refractivity contribution in [1.29, 1.82) is 0 Å². The summed E-state index contributed by atoms with van der Waals surface area (Å²) in [6.45, 7) is 7.64. The van der Waals surface area contributed by atoms with Crippen molar-refractivity contribution in [3.8, 4) is 5.75 Å². The van der Waals surface area contributed by atoms with Gasteiger partial charge in [-0.3, -0.25) is 4.79 Å². The Hall–Kier alpha value is -2.42. The second kappa shape index (κ2) is 11.1. The molecule has 33 heavy (non-hydrogen) atoms. The predicted octanol–water partition coefficient (Wildman–Crippen LogP) is 3.86. The molecule has 0 saturated carbocycles. The Labute approximate surface area is 197 Å². The van der Waals surface area contributed by atoms with Gasteiger partial charge >= 0.3 is 0 Å². The van der Waals surface area contributed by atoms with Gasteiger partial charge in [-0.2, -0.15) is 4.31 Å². The third kappa shape index (κ3) is 5.93. The molecule has 0 N–H and O–H groups in total. The van der Waals surface area contributed by atoms with Crippen LogP contribution < -0.4 is 4.74 Å². The lowest BCUT2D eigenvalue weighted by atomic mass is 10.1. The van der Waals surface area contributed by atoms with Gasteiger partial charge in [0.1, 0.15) is 5.75 Å². The van der Waals surface area contributed by atoms with E-state index >= 15 is 0 Å². The van der Waals surface area contributed by atoms with Gasteiger partial charge in [0.15, 0.2) is 0 Å². The first kappa shape index (κ1) is 25.2. The molecule has 1 fully saturated rings. The molecule has 1 amide bonds. The van der Waals surface area contributed by atoms with Gasteiger partial charge in [0.25, 0.3) is 5.91 Å². The fourth-order valence-corrected chi connectivity index (χ4v) is 5.85. The number of benzene rings is 2. The zero-order chi connectivity index (χ0) is 24.0. The summed E-state index contributed by atoms with van der Waals surface area (Å²) in [4.78, 5) is 15.5. The molecule has 1 unspecified atom stereocenters. The molecule has 7 nitrogen and oxygen atoms in total. The van der Waals surface area contributed by atoms with E-state index in [2.05, 4.69) is 0 Å². The number of nitrogens with zero attached hydrogens (tertiary/aromatic N) is 2. The topological polar surface area (TPSA) is 76.2 Å². The van der Waals surface area contributed by atoms with Crippen molar-refractivity contribution in [3.63, 3.8) is 0 Å². The van der Waals surface area contributed by atoms with E-state index < -0.39 is 10.0 Å². The number of hydrogen-bond donors (Lipinski definition) is 0. The molecule has 3 rings (SSSR count). The molecule has 2 aromatic carbocycles. The van der Waals surface area contributed by atoms with E-state index in [0.29, 0.717) is 43.9 Å². The summed E-state index contributed by atoms with van der Waals surface area (Å²) in [6, 6.07) is 12.5. The summed E-state index contributed by atoms with van der Waals surface area (Å²) >= 11 is 0. The molecule has 1 aliphatic rings. The van der Waals surface area contributed by atoms with Gasteiger partial charge in [-0.05, 0) is 55.2 Å². The van der Waals surface area contributed by atoms with Gasteiger partial charge in [0.05, 0.1) is 18.1 Å². The van der Waals surface area contributed by atoms with Crippen molar-refractivity contribution in [2.75, 3.05) is 33.4 Å². The molecule has 1 heterocycles. The molecule has 0 bridgehead atoms. The maximum Gasteiger partial charge on any atom is 0.254 e. The Balaban J connectivity index is 1.94. The summed E-state index contributed by atoms with van der Waals surface area (Å²) in [7, 11) is -2.07. The first-order valence-electron chi connectivity index (χ1n) is 11.4. The number of sulfonamides is 1. The predicted molar refractivity (Wildman–Crippen MR) is 128 cm³/mol. The van der Waals surface area contributed by atoms with Crippen molar-refractivity contribution in [1.82, 2.24) is 9.21 Å². The number of methoxy groups -OCH3 is 1. The molecule has 1 saturated heterocycles. The lowest BCUT2D eigenvalue weighted by Crippen LogP contribution is -2.37. The minimum absolute atomic E-state index is 0.0242. The molecular formula is C25H34N2O5S. The van der Waals surface area contributed by atoms with E-state index in [1.54, 1.807) is 31.1 Å². The monoisotopic (exact) mass is 474 g/mol. The van der Waals surface area contributed by atoms with Gasteiger partial charge in [-0.1, -0.05) is 32.0 Å². The molecule has 1 atom stereocenters. The van der Waals surface area contributed by atoms with Crippen LogP contribution in [0.1, 0.15) is 48.2 Å². The Morgan fingerprint density at radius 2 is 1.91 bits per heavy atom. The number of aryl methyl sites for hydroxylation is 1. The minimum atomic E-state index is -3.68. The first-order valence-corrected chi connectivity index (χ1v) is 12.9. The Morgan fingerprint density at radius 3 is 2.55 bits per heavy atom. The second-order valence-corrected chi connectivity index (χ2v) is 10.1. The number of ether oxygens (including phenoxy) is 2. The summed E-state index contributed by atoms with van der Waals surface area (Å²) in [5.74, 6) is 0.504. The van der Waals surface area contributed by atoms with Crippen molar-refractivity contribution < 1.29 is 22.7 Å². The van der Waals surface area contributed by atoms with Crippen LogP contribution in [-0.4, -0.2) is 63.0 Å². The smallest absolute Gasteiger partial charge is 0.254 e. The number of carbonyl (C=O) groups excluding carboxylic acids is 1. The minimum Gasteiger partial charge on any atom is -0.497 e. The Kier molecular flexibility index (Phi) is 8.51. The molecule has 1 aliphatic heterocycles. The lowest BCUT2D eigenvalue weighted by molar-refractivity contribution is 0.0507. The van der Waals surface area contributed by atoms with Crippen molar-refractivity contribution in [2.24, 2.45) is 0 Å². The van der Waals surface area contributed by atoms with Crippen LogP contribution in [0.4, 0.5) is 0 Å². The number of rotatable bonds is 10. The second-order valence-electron chi connectivity index (χ2n) is 8.24. The van der Waals surface area contributed by atoms with Crippen LogP contribution in [0, 0.1) is 6.92 Å². The van der Waals surface area contributed by atoms with Crippen molar-refractivity contribution in [3.05, 3.63) is 59.2 Å². The van der Waals surface area contributed by atoms with Crippen LogP contribution >= 0.6 is 0 Å². The number of carbonyl (C=O) groups is 1. The molecule has 0 aromatic heterocycles. The van der Waals surface area contributed by atoms with Crippen LogP contribution in [0.15, 0.2) is 47.4 Å². The molecule has 0 aliphatic carbocycles. The van der Waals surface area contributed by atoms with E-state index in [0.717, 1.165) is 24.2 Å². The molecular weight excluding hydrogens is 440 g/mol. The van der Waals surface area contributed by atoms with E-state index in [4.69, 9.17) is 9.47 Å². The van der Waals surface area contributed by atoms with Crippen LogP contribution in [0.3, 0.4) is 0 Å². The van der Waals surface area contributed by atoms with Gasteiger partial charge in [0, 0.05) is 38.3 Å². The van der Waals surface area contributed by atoms with Crippen LogP contribution in [-0.2, 0) is 21.3 Å². The van der Waals surface area contributed by atoms with Gasteiger partial charge in [-0.25, -0.2) is 8.42 Å². The van der Waals surface area contributed by atoms with Gasteiger partial charge in [0.2, 0.25) is 10.0 Å². The third-order valence-corrected chi connectivity index (χ3v) is 8.19. The highest BCUT2D eigenvalue weighted by Crippen LogP contribution is 2.24. The Bertz CT molecular complexity index is 1060. The maximum absolute atomic E-state index is 13.6. The number of hydrogen-bond acceptors (Lipinski definition) is 5. The van der Waals surface area contributed by atoms with Crippen LogP contribution in [0.5, 0.6) is 5.75 Å². The van der Waals surface area contributed by atoms with Crippen molar-refractivity contribution in [2.45, 2.75) is 51.2 Å². The highest BCUT2D eigenvalue weighted by molar-refractivity contribution is 7.89.